The van der Waals surface area contributed by atoms with Crippen LogP contribution in [0.5, 0.6) is 0 Å². The Hall–Kier alpha value is -1.54. The number of aromatic nitrogens is 5. The number of aryl methyl sites for hydroxylation is 2. The zero-order valence-corrected chi connectivity index (χ0v) is 14.5. The highest BCUT2D eigenvalue weighted by Gasteiger charge is 2.21. The van der Waals surface area contributed by atoms with Crippen LogP contribution in [0, 0.1) is 0 Å². The molecule has 9 heteroatoms. The number of hydrogen-bond acceptors (Lipinski definition) is 6. The first kappa shape index (κ1) is 16.8. The number of nitrogens with zero attached hydrogens (tertiary/aromatic N) is 4. The van der Waals surface area contributed by atoms with Crippen LogP contribution in [-0.2, 0) is 23.0 Å². The Labute approximate surface area is 137 Å². The van der Waals surface area contributed by atoms with E-state index >= 15 is 0 Å². The van der Waals surface area contributed by atoms with Gasteiger partial charge >= 0.3 is 5.97 Å². The summed E-state index contributed by atoms with van der Waals surface area (Å²) >= 11 is 7.55. The molecule has 120 valence electrons. The van der Waals surface area contributed by atoms with Crippen molar-refractivity contribution in [3.8, 4) is 11.5 Å². The maximum Gasteiger partial charge on any atom is 0.319 e. The standard InChI is InChI=1S/C13H18ClN5O2S/c1-5-8-9(14)10(19(4)18-8)11-15-13(17-16-11)22-7(3)12(20)21-6-2/h7H,5-6H2,1-4H3,(H,15,16,17)/t7-/m0/s1. The number of carbonyl (C=O) groups excluding carboxylic acids is 1. The number of nitrogens with one attached hydrogen (secondary N) is 1. The lowest BCUT2D eigenvalue weighted by molar-refractivity contribution is -0.142. The van der Waals surface area contributed by atoms with Gasteiger partial charge in [-0.25, -0.2) is 0 Å². The fourth-order valence-electron chi connectivity index (χ4n) is 1.91. The van der Waals surface area contributed by atoms with Crippen LogP contribution >= 0.6 is 23.4 Å². The summed E-state index contributed by atoms with van der Waals surface area (Å²) in [5, 5.41) is 11.9. The number of halogens is 1. The molecule has 0 aliphatic rings. The number of ether oxygens (including phenoxy) is 1. The van der Waals surface area contributed by atoms with Crippen LogP contribution in [0.1, 0.15) is 26.5 Å². The SMILES string of the molecule is CCOC(=O)[C@H](C)Sc1n[nH]c(-c2c(Cl)c(CC)nn2C)n1. The predicted molar refractivity (Wildman–Crippen MR) is 84.9 cm³/mol. The summed E-state index contributed by atoms with van der Waals surface area (Å²) in [6.07, 6.45) is 0.738. The van der Waals surface area contributed by atoms with Crippen molar-refractivity contribution in [2.75, 3.05) is 6.61 Å². The maximum absolute atomic E-state index is 11.6. The third-order valence-corrected chi connectivity index (χ3v) is 4.32. The predicted octanol–water partition coefficient (Wildman–Crippen LogP) is 2.46. The Balaban J connectivity index is 2.18. The maximum atomic E-state index is 11.6. The van der Waals surface area contributed by atoms with Crippen LogP contribution in [0.3, 0.4) is 0 Å². The molecule has 0 spiro atoms. The van der Waals surface area contributed by atoms with Crippen molar-refractivity contribution in [2.45, 2.75) is 37.6 Å². The monoisotopic (exact) mass is 343 g/mol. The molecular formula is C13H18ClN5O2S. The summed E-state index contributed by atoms with van der Waals surface area (Å²) < 4.78 is 6.63. The number of esters is 1. The van der Waals surface area contributed by atoms with Gasteiger partial charge in [0.1, 0.15) is 10.9 Å². The number of carbonyl (C=O) groups is 1. The third kappa shape index (κ3) is 3.44. The molecule has 0 aliphatic carbocycles. The van der Waals surface area contributed by atoms with Crippen molar-refractivity contribution < 1.29 is 9.53 Å². The molecular weight excluding hydrogens is 326 g/mol. The number of hydrogen-bond donors (Lipinski definition) is 1. The molecule has 2 heterocycles. The lowest BCUT2D eigenvalue weighted by Gasteiger charge is -2.06. The average molecular weight is 344 g/mol. The van der Waals surface area contributed by atoms with E-state index in [-0.39, 0.29) is 11.2 Å². The smallest absolute Gasteiger partial charge is 0.319 e. The molecule has 0 bridgehead atoms. The first-order valence-electron chi connectivity index (χ1n) is 6.95. The third-order valence-electron chi connectivity index (χ3n) is 2.98. The minimum atomic E-state index is -0.378. The molecule has 0 saturated heterocycles. The van der Waals surface area contributed by atoms with Gasteiger partial charge in [-0.2, -0.15) is 10.1 Å². The summed E-state index contributed by atoms with van der Waals surface area (Å²) in [5.41, 5.74) is 1.49. The molecule has 2 aromatic heterocycles. The Bertz CT molecular complexity index is 669. The fourth-order valence-corrected chi connectivity index (χ4v) is 3.01. The molecule has 0 aliphatic heterocycles. The molecule has 0 saturated carbocycles. The largest absolute Gasteiger partial charge is 0.465 e. The van der Waals surface area contributed by atoms with Gasteiger partial charge < -0.3 is 4.74 Å². The second-order valence-corrected chi connectivity index (χ2v) is 6.25. The molecule has 1 N–H and O–H groups in total. The zero-order valence-electron chi connectivity index (χ0n) is 12.9. The quantitative estimate of drug-likeness (QED) is 0.640. The van der Waals surface area contributed by atoms with Crippen molar-refractivity contribution in [3.05, 3.63) is 10.7 Å². The number of thioether (sulfide) groups is 1. The van der Waals surface area contributed by atoms with Crippen LogP contribution in [0.2, 0.25) is 5.02 Å². The zero-order chi connectivity index (χ0) is 16.3. The van der Waals surface area contributed by atoms with E-state index in [0.717, 1.165) is 12.1 Å². The summed E-state index contributed by atoms with van der Waals surface area (Å²) in [5.74, 6) is 0.240. The fraction of sp³-hybridized carbons (Fsp3) is 0.538. The van der Waals surface area contributed by atoms with Gasteiger partial charge in [-0.1, -0.05) is 30.3 Å². The van der Waals surface area contributed by atoms with E-state index in [4.69, 9.17) is 16.3 Å². The second-order valence-electron chi connectivity index (χ2n) is 4.57. The van der Waals surface area contributed by atoms with E-state index in [1.54, 1.807) is 25.6 Å². The van der Waals surface area contributed by atoms with E-state index < -0.39 is 0 Å². The number of aromatic amines is 1. The van der Waals surface area contributed by atoms with Gasteiger partial charge in [0.05, 0.1) is 17.3 Å². The number of H-pyrrole nitrogens is 1. The van der Waals surface area contributed by atoms with Crippen LogP contribution in [0.15, 0.2) is 5.16 Å². The van der Waals surface area contributed by atoms with Gasteiger partial charge in [0, 0.05) is 7.05 Å². The molecule has 1 atom stereocenters. The molecule has 0 amide bonds. The molecule has 2 aromatic rings. The highest BCUT2D eigenvalue weighted by Crippen LogP contribution is 2.30. The number of rotatable bonds is 6. The lowest BCUT2D eigenvalue weighted by Crippen LogP contribution is -2.16. The van der Waals surface area contributed by atoms with Crippen molar-refractivity contribution in [2.24, 2.45) is 7.05 Å². The van der Waals surface area contributed by atoms with Crippen molar-refractivity contribution in [3.63, 3.8) is 0 Å². The molecule has 0 aromatic carbocycles. The topological polar surface area (TPSA) is 85.7 Å². The van der Waals surface area contributed by atoms with Gasteiger partial charge in [0.15, 0.2) is 5.82 Å². The average Bonchev–Trinajstić information content (AvgIpc) is 3.03. The van der Waals surface area contributed by atoms with Gasteiger partial charge in [-0.05, 0) is 20.3 Å². The first-order chi connectivity index (χ1) is 10.5. The van der Waals surface area contributed by atoms with Gasteiger partial charge in [-0.15, -0.1) is 5.10 Å². The summed E-state index contributed by atoms with van der Waals surface area (Å²) in [6, 6.07) is 0. The Kier molecular flexibility index (Phi) is 5.47. The minimum Gasteiger partial charge on any atom is -0.465 e. The van der Waals surface area contributed by atoms with E-state index in [0.29, 0.717) is 28.3 Å². The Morgan fingerprint density at radius 2 is 2.23 bits per heavy atom. The van der Waals surface area contributed by atoms with Gasteiger partial charge in [0.2, 0.25) is 5.16 Å². The van der Waals surface area contributed by atoms with Crippen LogP contribution in [0.25, 0.3) is 11.5 Å². The highest BCUT2D eigenvalue weighted by molar-refractivity contribution is 8.00. The van der Waals surface area contributed by atoms with Gasteiger partial charge in [-0.3, -0.25) is 14.6 Å². The lowest BCUT2D eigenvalue weighted by atomic mass is 10.3. The summed E-state index contributed by atoms with van der Waals surface area (Å²) in [6.45, 7) is 5.87. The van der Waals surface area contributed by atoms with Crippen molar-refractivity contribution in [1.82, 2.24) is 25.0 Å². The van der Waals surface area contributed by atoms with Crippen LogP contribution < -0.4 is 0 Å². The Morgan fingerprint density at radius 3 is 2.82 bits per heavy atom. The van der Waals surface area contributed by atoms with Crippen molar-refractivity contribution in [1.29, 1.82) is 0 Å². The van der Waals surface area contributed by atoms with E-state index in [1.807, 2.05) is 6.92 Å². The van der Waals surface area contributed by atoms with E-state index in [9.17, 15) is 4.79 Å². The second kappa shape index (κ2) is 7.15. The summed E-state index contributed by atoms with van der Waals surface area (Å²) in [7, 11) is 1.80. The van der Waals surface area contributed by atoms with Gasteiger partial charge in [0.25, 0.3) is 0 Å². The molecule has 2 rings (SSSR count). The molecule has 0 fully saturated rings. The highest BCUT2D eigenvalue weighted by atomic mass is 35.5. The Morgan fingerprint density at radius 1 is 1.50 bits per heavy atom. The minimum absolute atomic E-state index is 0.286. The first-order valence-corrected chi connectivity index (χ1v) is 8.21. The molecule has 22 heavy (non-hydrogen) atoms. The summed E-state index contributed by atoms with van der Waals surface area (Å²) in [4.78, 5) is 16.0. The van der Waals surface area contributed by atoms with E-state index in [1.165, 1.54) is 11.8 Å². The van der Waals surface area contributed by atoms with Crippen molar-refractivity contribution >= 4 is 29.3 Å². The van der Waals surface area contributed by atoms with Crippen LogP contribution in [0.4, 0.5) is 0 Å². The van der Waals surface area contributed by atoms with E-state index in [2.05, 4.69) is 20.3 Å². The molecule has 0 radical (unpaired) electrons. The van der Waals surface area contributed by atoms with Crippen LogP contribution in [-0.4, -0.2) is 42.8 Å². The normalized spacial score (nSPS) is 12.4. The molecule has 0 unspecified atom stereocenters. The molecule has 7 nitrogen and oxygen atoms in total.